The van der Waals surface area contributed by atoms with E-state index in [9.17, 15) is 4.79 Å². The van der Waals surface area contributed by atoms with Crippen molar-refractivity contribution in [3.05, 3.63) is 52.5 Å². The minimum Gasteiger partial charge on any atom is -0.397 e. The van der Waals surface area contributed by atoms with E-state index in [-0.39, 0.29) is 5.91 Å². The lowest BCUT2D eigenvalue weighted by atomic mass is 10.2. The molecule has 0 bridgehead atoms. The largest absolute Gasteiger partial charge is 0.397 e. The lowest BCUT2D eigenvalue weighted by Gasteiger charge is -2.08. The fourth-order valence-corrected chi connectivity index (χ4v) is 2.81. The first-order chi connectivity index (χ1) is 10.0. The van der Waals surface area contributed by atoms with Gasteiger partial charge in [-0.2, -0.15) is 0 Å². The Labute approximate surface area is 137 Å². The second kappa shape index (κ2) is 7.59. The quantitative estimate of drug-likeness (QED) is 0.612. The topological polar surface area (TPSA) is 55.1 Å². The number of amides is 1. The molecule has 0 unspecified atom stereocenters. The van der Waals surface area contributed by atoms with E-state index in [0.29, 0.717) is 33.6 Å². The van der Waals surface area contributed by atoms with Crippen molar-refractivity contribution < 1.29 is 4.79 Å². The Morgan fingerprint density at radius 2 is 1.76 bits per heavy atom. The molecule has 0 spiro atoms. The molecule has 3 nitrogen and oxygen atoms in total. The second-order valence-electron chi connectivity index (χ2n) is 4.33. The monoisotopic (exact) mass is 340 g/mol. The summed E-state index contributed by atoms with van der Waals surface area (Å²) in [5, 5.41) is 4.02. The molecule has 6 heteroatoms. The predicted octanol–water partition coefficient (Wildman–Crippen LogP) is 4.70. The molecule has 0 saturated heterocycles. The van der Waals surface area contributed by atoms with Gasteiger partial charge in [-0.15, -0.1) is 11.8 Å². The van der Waals surface area contributed by atoms with Crippen LogP contribution in [0.2, 0.25) is 10.0 Å². The first-order valence-electron chi connectivity index (χ1n) is 6.28. The Morgan fingerprint density at radius 1 is 1.10 bits per heavy atom. The van der Waals surface area contributed by atoms with Crippen LogP contribution in [-0.4, -0.2) is 11.7 Å². The van der Waals surface area contributed by atoms with Crippen molar-refractivity contribution in [1.29, 1.82) is 0 Å². The summed E-state index contributed by atoms with van der Waals surface area (Å²) in [5.74, 6) is 0.603. The minimum atomic E-state index is -0.0783. The van der Waals surface area contributed by atoms with Gasteiger partial charge in [0.1, 0.15) is 0 Å². The van der Waals surface area contributed by atoms with E-state index in [4.69, 9.17) is 28.9 Å². The molecule has 110 valence electrons. The highest BCUT2D eigenvalue weighted by molar-refractivity contribution is 7.99. The van der Waals surface area contributed by atoms with Gasteiger partial charge in [-0.25, -0.2) is 0 Å². The first-order valence-corrected chi connectivity index (χ1v) is 8.02. The van der Waals surface area contributed by atoms with Crippen LogP contribution in [0.15, 0.2) is 47.4 Å². The Morgan fingerprint density at radius 3 is 2.43 bits per heavy atom. The number of carbonyl (C=O) groups is 1. The lowest BCUT2D eigenvalue weighted by Crippen LogP contribution is -2.13. The number of halogens is 2. The second-order valence-corrected chi connectivity index (χ2v) is 6.37. The third kappa shape index (κ3) is 5.16. The van der Waals surface area contributed by atoms with E-state index in [1.807, 2.05) is 24.3 Å². The third-order valence-corrected chi connectivity index (χ3v) is 4.20. The maximum atomic E-state index is 11.9. The van der Waals surface area contributed by atoms with Crippen LogP contribution in [0.4, 0.5) is 11.4 Å². The summed E-state index contributed by atoms with van der Waals surface area (Å²) in [7, 11) is 0. The first kappa shape index (κ1) is 16.0. The molecule has 0 heterocycles. The molecular formula is C15H14Cl2N2OS. The van der Waals surface area contributed by atoms with Gasteiger partial charge >= 0.3 is 0 Å². The average molecular weight is 341 g/mol. The summed E-state index contributed by atoms with van der Waals surface area (Å²) in [6.07, 6.45) is 0.398. The van der Waals surface area contributed by atoms with E-state index in [0.717, 1.165) is 4.90 Å². The van der Waals surface area contributed by atoms with Crippen molar-refractivity contribution in [2.24, 2.45) is 0 Å². The van der Waals surface area contributed by atoms with Crippen LogP contribution in [-0.2, 0) is 4.79 Å². The van der Waals surface area contributed by atoms with Gasteiger partial charge in [0.25, 0.3) is 0 Å². The fourth-order valence-electron chi connectivity index (χ4n) is 1.65. The van der Waals surface area contributed by atoms with Crippen LogP contribution in [0.25, 0.3) is 0 Å². The number of benzene rings is 2. The number of hydrogen-bond donors (Lipinski definition) is 2. The van der Waals surface area contributed by atoms with Crippen LogP contribution in [0.5, 0.6) is 0 Å². The Hall–Kier alpha value is -1.36. The van der Waals surface area contributed by atoms with E-state index in [1.54, 1.807) is 30.0 Å². The number of thioether (sulfide) groups is 1. The molecule has 0 aromatic heterocycles. The summed E-state index contributed by atoms with van der Waals surface area (Å²) >= 11 is 13.2. The molecule has 3 N–H and O–H groups in total. The molecule has 0 aliphatic carbocycles. The molecule has 21 heavy (non-hydrogen) atoms. The zero-order valence-corrected chi connectivity index (χ0v) is 13.4. The lowest BCUT2D eigenvalue weighted by molar-refractivity contribution is -0.115. The van der Waals surface area contributed by atoms with Gasteiger partial charge < -0.3 is 11.1 Å². The van der Waals surface area contributed by atoms with Gasteiger partial charge in [-0.3, -0.25) is 4.79 Å². The molecule has 2 aromatic rings. The number of rotatable bonds is 5. The highest BCUT2D eigenvalue weighted by atomic mass is 35.5. The van der Waals surface area contributed by atoms with Crippen LogP contribution in [0.1, 0.15) is 6.42 Å². The summed E-state index contributed by atoms with van der Waals surface area (Å²) < 4.78 is 0. The standard InChI is InChI=1S/C15H14Cl2N2OS/c16-10-1-4-12(5-2-10)21-8-7-15(20)19-14-6-3-11(17)9-13(14)18/h1-6,9H,7-8,18H2,(H,19,20). The van der Waals surface area contributed by atoms with Crippen molar-refractivity contribution in [2.75, 3.05) is 16.8 Å². The van der Waals surface area contributed by atoms with Crippen LogP contribution in [0.3, 0.4) is 0 Å². The van der Waals surface area contributed by atoms with Crippen molar-refractivity contribution in [2.45, 2.75) is 11.3 Å². The fraction of sp³-hybridized carbons (Fsp3) is 0.133. The minimum absolute atomic E-state index is 0.0783. The van der Waals surface area contributed by atoms with Crippen molar-refractivity contribution in [3.8, 4) is 0 Å². The van der Waals surface area contributed by atoms with Gasteiger partial charge in [0.2, 0.25) is 5.91 Å². The van der Waals surface area contributed by atoms with Gasteiger partial charge in [0, 0.05) is 27.1 Å². The average Bonchev–Trinajstić information content (AvgIpc) is 2.44. The third-order valence-electron chi connectivity index (χ3n) is 2.70. The number of anilines is 2. The van der Waals surface area contributed by atoms with Crippen molar-refractivity contribution in [3.63, 3.8) is 0 Å². The van der Waals surface area contributed by atoms with Gasteiger partial charge in [0.15, 0.2) is 0 Å². The Kier molecular flexibility index (Phi) is 5.79. The zero-order chi connectivity index (χ0) is 15.2. The van der Waals surface area contributed by atoms with Gasteiger partial charge in [-0.05, 0) is 42.5 Å². The molecule has 0 radical (unpaired) electrons. The maximum Gasteiger partial charge on any atom is 0.225 e. The number of nitrogen functional groups attached to an aromatic ring is 1. The highest BCUT2D eigenvalue weighted by Gasteiger charge is 2.06. The smallest absolute Gasteiger partial charge is 0.225 e. The normalized spacial score (nSPS) is 10.4. The van der Waals surface area contributed by atoms with Crippen molar-refractivity contribution >= 4 is 52.2 Å². The number of hydrogen-bond acceptors (Lipinski definition) is 3. The number of nitrogens with two attached hydrogens (primary N) is 1. The molecule has 0 fully saturated rings. The number of carbonyl (C=O) groups excluding carboxylic acids is 1. The molecule has 0 saturated carbocycles. The SMILES string of the molecule is Nc1cc(Cl)ccc1NC(=O)CCSc1ccc(Cl)cc1. The highest BCUT2D eigenvalue weighted by Crippen LogP contribution is 2.24. The molecule has 2 rings (SSSR count). The van der Waals surface area contributed by atoms with Gasteiger partial charge in [0.05, 0.1) is 11.4 Å². The summed E-state index contributed by atoms with van der Waals surface area (Å²) in [6.45, 7) is 0. The summed E-state index contributed by atoms with van der Waals surface area (Å²) in [6, 6.07) is 12.5. The summed E-state index contributed by atoms with van der Waals surface area (Å²) in [5.41, 5.74) is 6.83. The zero-order valence-electron chi connectivity index (χ0n) is 11.1. The molecular weight excluding hydrogens is 327 g/mol. The maximum absolute atomic E-state index is 11.9. The summed E-state index contributed by atoms with van der Waals surface area (Å²) in [4.78, 5) is 12.9. The van der Waals surface area contributed by atoms with E-state index in [2.05, 4.69) is 5.32 Å². The Bertz CT molecular complexity index is 632. The van der Waals surface area contributed by atoms with E-state index >= 15 is 0 Å². The Balaban J connectivity index is 1.81. The van der Waals surface area contributed by atoms with Crippen LogP contribution in [0, 0.1) is 0 Å². The van der Waals surface area contributed by atoms with E-state index < -0.39 is 0 Å². The van der Waals surface area contributed by atoms with E-state index in [1.165, 1.54) is 0 Å². The molecule has 0 atom stereocenters. The predicted molar refractivity (Wildman–Crippen MR) is 91.3 cm³/mol. The molecule has 0 aliphatic rings. The number of nitrogens with one attached hydrogen (secondary N) is 1. The molecule has 1 amide bonds. The molecule has 0 aliphatic heterocycles. The van der Waals surface area contributed by atoms with Crippen LogP contribution >= 0.6 is 35.0 Å². The van der Waals surface area contributed by atoms with Crippen molar-refractivity contribution in [1.82, 2.24) is 0 Å². The van der Waals surface area contributed by atoms with Crippen LogP contribution < -0.4 is 11.1 Å². The molecule has 2 aromatic carbocycles. The van der Waals surface area contributed by atoms with Gasteiger partial charge in [-0.1, -0.05) is 23.2 Å².